The van der Waals surface area contributed by atoms with Gasteiger partial charge < -0.3 is 0 Å². The summed E-state index contributed by atoms with van der Waals surface area (Å²) in [6.45, 7) is 5.18. The fourth-order valence-electron chi connectivity index (χ4n) is 0.369. The fraction of sp³-hybridized carbons (Fsp3) is 0.200. The number of rotatable bonds is 1. The Kier molecular flexibility index (Phi) is 1.48. The summed E-state index contributed by atoms with van der Waals surface area (Å²) in [7, 11) is 0. The molecule has 9 heavy (non-hydrogen) atoms. The average molecular weight is 122 g/mol. The van der Waals surface area contributed by atoms with E-state index in [1.54, 1.807) is 6.92 Å². The first-order valence-electron chi connectivity index (χ1n) is 2.49. The Morgan fingerprint density at radius 1 is 1.22 bits per heavy atom. The van der Waals surface area contributed by atoms with Crippen molar-refractivity contribution < 1.29 is 0 Å². The summed E-state index contributed by atoms with van der Waals surface area (Å²) in [5, 5.41) is 14.6. The molecule has 0 unspecified atom stereocenters. The zero-order valence-electron chi connectivity index (χ0n) is 5.07. The van der Waals surface area contributed by atoms with Crippen LogP contribution in [0.2, 0.25) is 0 Å². The van der Waals surface area contributed by atoms with Gasteiger partial charge in [0, 0.05) is 0 Å². The largest absolute Gasteiger partial charge is 0.195 e. The molecule has 0 aliphatic carbocycles. The Hall–Kier alpha value is -1.32. The zero-order valence-corrected chi connectivity index (χ0v) is 5.07. The number of nitrogens with zero attached hydrogens (tertiary/aromatic N) is 4. The molecule has 0 aromatic carbocycles. The second-order valence-electron chi connectivity index (χ2n) is 1.51. The summed E-state index contributed by atoms with van der Waals surface area (Å²) in [5.41, 5.74) is 0. The predicted octanol–water partition coefficient (Wildman–Crippen LogP) is 0.218. The SMILES string of the molecule is C=Cc1nnc(C)nn1. The highest BCUT2D eigenvalue weighted by molar-refractivity contribution is 5.33. The van der Waals surface area contributed by atoms with Gasteiger partial charge in [-0.15, -0.1) is 20.4 Å². The molecule has 1 heterocycles. The molecule has 0 amide bonds. The summed E-state index contributed by atoms with van der Waals surface area (Å²) in [6, 6.07) is 0. The number of aromatic nitrogens is 4. The highest BCUT2D eigenvalue weighted by Gasteiger charge is 1.88. The molecule has 0 saturated heterocycles. The Balaban J connectivity index is 3.01. The maximum atomic E-state index is 3.66. The molecule has 0 aliphatic rings. The Bertz CT molecular complexity index is 203. The summed E-state index contributed by atoms with van der Waals surface area (Å²) in [5.74, 6) is 1.03. The van der Waals surface area contributed by atoms with Crippen molar-refractivity contribution in [1.29, 1.82) is 0 Å². The molecule has 0 fully saturated rings. The van der Waals surface area contributed by atoms with E-state index in [9.17, 15) is 0 Å². The molecule has 0 N–H and O–H groups in total. The quantitative estimate of drug-likeness (QED) is 0.534. The zero-order chi connectivity index (χ0) is 6.69. The normalized spacial score (nSPS) is 9.00. The molecule has 0 radical (unpaired) electrons. The van der Waals surface area contributed by atoms with Gasteiger partial charge in [0.2, 0.25) is 0 Å². The summed E-state index contributed by atoms with van der Waals surface area (Å²) in [6.07, 6.45) is 1.50. The van der Waals surface area contributed by atoms with Crippen LogP contribution in [0.1, 0.15) is 11.6 Å². The van der Waals surface area contributed by atoms with Crippen LogP contribution in [0.15, 0.2) is 6.58 Å². The number of hydrogen-bond donors (Lipinski definition) is 0. The van der Waals surface area contributed by atoms with Crippen molar-refractivity contribution in [3.05, 3.63) is 18.2 Å². The third-order valence-corrected chi connectivity index (χ3v) is 0.777. The number of hydrogen-bond acceptors (Lipinski definition) is 4. The first-order valence-corrected chi connectivity index (χ1v) is 2.49. The van der Waals surface area contributed by atoms with Crippen LogP contribution >= 0.6 is 0 Å². The van der Waals surface area contributed by atoms with Crippen LogP contribution in [0.25, 0.3) is 6.08 Å². The lowest BCUT2D eigenvalue weighted by Crippen LogP contribution is -1.97. The second-order valence-corrected chi connectivity index (χ2v) is 1.51. The van der Waals surface area contributed by atoms with Gasteiger partial charge in [-0.25, -0.2) is 0 Å². The molecule has 0 saturated carbocycles. The van der Waals surface area contributed by atoms with Gasteiger partial charge in [-0.3, -0.25) is 0 Å². The van der Waals surface area contributed by atoms with E-state index in [-0.39, 0.29) is 0 Å². The highest BCUT2D eigenvalue weighted by atomic mass is 15.3. The van der Waals surface area contributed by atoms with Crippen LogP contribution in [0.3, 0.4) is 0 Å². The average Bonchev–Trinajstić information content (AvgIpc) is 1.90. The van der Waals surface area contributed by atoms with E-state index in [1.807, 2.05) is 0 Å². The summed E-state index contributed by atoms with van der Waals surface area (Å²) < 4.78 is 0. The second kappa shape index (κ2) is 2.30. The molecule has 0 bridgehead atoms. The molecular formula is C5H6N4. The van der Waals surface area contributed by atoms with Crippen molar-refractivity contribution in [3.63, 3.8) is 0 Å². The minimum Gasteiger partial charge on any atom is -0.131 e. The van der Waals surface area contributed by atoms with Crippen LogP contribution in [0, 0.1) is 6.92 Å². The van der Waals surface area contributed by atoms with Gasteiger partial charge in [0.15, 0.2) is 11.6 Å². The van der Waals surface area contributed by atoms with E-state index in [2.05, 4.69) is 27.0 Å². The minimum absolute atomic E-state index is 0.459. The van der Waals surface area contributed by atoms with Crippen molar-refractivity contribution in [2.75, 3.05) is 0 Å². The fourth-order valence-corrected chi connectivity index (χ4v) is 0.369. The lowest BCUT2D eigenvalue weighted by molar-refractivity contribution is 0.795. The minimum atomic E-state index is 0.459. The van der Waals surface area contributed by atoms with Crippen LogP contribution < -0.4 is 0 Å². The molecule has 0 spiro atoms. The molecule has 0 atom stereocenters. The third-order valence-electron chi connectivity index (χ3n) is 0.777. The van der Waals surface area contributed by atoms with Gasteiger partial charge in [-0.2, -0.15) is 0 Å². The molecule has 1 aromatic heterocycles. The van der Waals surface area contributed by atoms with E-state index in [0.717, 1.165) is 0 Å². The van der Waals surface area contributed by atoms with E-state index >= 15 is 0 Å². The maximum absolute atomic E-state index is 3.66. The molecule has 0 aliphatic heterocycles. The van der Waals surface area contributed by atoms with Crippen LogP contribution in [-0.4, -0.2) is 20.4 Å². The van der Waals surface area contributed by atoms with Gasteiger partial charge in [-0.1, -0.05) is 6.58 Å². The molecule has 1 rings (SSSR count). The Morgan fingerprint density at radius 2 is 1.78 bits per heavy atom. The van der Waals surface area contributed by atoms with Gasteiger partial charge in [0.25, 0.3) is 0 Å². The predicted molar refractivity (Wildman–Crippen MR) is 32.4 cm³/mol. The first-order chi connectivity index (χ1) is 4.33. The third kappa shape index (κ3) is 1.28. The topological polar surface area (TPSA) is 51.6 Å². The standard InChI is InChI=1S/C5H6N4/c1-3-5-8-6-4(2)7-9-5/h3H,1H2,2H3. The Morgan fingerprint density at radius 3 is 2.22 bits per heavy atom. The first kappa shape index (κ1) is 5.81. The van der Waals surface area contributed by atoms with E-state index < -0.39 is 0 Å². The van der Waals surface area contributed by atoms with Crippen LogP contribution in [0.4, 0.5) is 0 Å². The monoisotopic (exact) mass is 122 g/mol. The van der Waals surface area contributed by atoms with Crippen molar-refractivity contribution in [1.82, 2.24) is 20.4 Å². The lowest BCUT2D eigenvalue weighted by atomic mass is 10.6. The van der Waals surface area contributed by atoms with Crippen molar-refractivity contribution in [2.45, 2.75) is 6.92 Å². The van der Waals surface area contributed by atoms with Gasteiger partial charge in [0.1, 0.15) is 0 Å². The lowest BCUT2D eigenvalue weighted by Gasteiger charge is -1.86. The molecular weight excluding hydrogens is 116 g/mol. The van der Waals surface area contributed by atoms with Crippen molar-refractivity contribution >= 4 is 6.08 Å². The van der Waals surface area contributed by atoms with Crippen LogP contribution in [-0.2, 0) is 0 Å². The van der Waals surface area contributed by atoms with E-state index in [4.69, 9.17) is 0 Å². The molecule has 1 aromatic rings. The highest BCUT2D eigenvalue weighted by Crippen LogP contribution is 1.84. The van der Waals surface area contributed by atoms with Gasteiger partial charge in [0.05, 0.1) is 0 Å². The summed E-state index contributed by atoms with van der Waals surface area (Å²) in [4.78, 5) is 0. The number of aryl methyl sites for hydroxylation is 1. The van der Waals surface area contributed by atoms with Crippen LogP contribution in [0.5, 0.6) is 0 Å². The molecule has 4 heteroatoms. The van der Waals surface area contributed by atoms with E-state index in [1.165, 1.54) is 6.08 Å². The van der Waals surface area contributed by atoms with Crippen molar-refractivity contribution in [3.8, 4) is 0 Å². The maximum Gasteiger partial charge on any atom is 0.195 e. The Labute approximate surface area is 52.7 Å². The van der Waals surface area contributed by atoms with Gasteiger partial charge >= 0.3 is 0 Å². The van der Waals surface area contributed by atoms with Crippen molar-refractivity contribution in [2.24, 2.45) is 0 Å². The van der Waals surface area contributed by atoms with E-state index in [0.29, 0.717) is 11.6 Å². The molecule has 46 valence electrons. The smallest absolute Gasteiger partial charge is 0.131 e. The molecule has 4 nitrogen and oxygen atoms in total. The van der Waals surface area contributed by atoms with Gasteiger partial charge in [-0.05, 0) is 13.0 Å². The summed E-state index contributed by atoms with van der Waals surface area (Å²) >= 11 is 0.